The van der Waals surface area contributed by atoms with Gasteiger partial charge < -0.3 is 34.6 Å². The van der Waals surface area contributed by atoms with Crippen molar-refractivity contribution in [2.75, 3.05) is 76.4 Å². The smallest absolute Gasteiger partial charge is 0.407 e. The van der Waals surface area contributed by atoms with E-state index in [1.165, 1.54) is 16.9 Å². The Bertz CT molecular complexity index is 1550. The number of hydrogen-bond donors (Lipinski definition) is 2. The Morgan fingerprint density at radius 1 is 1.12 bits per heavy atom. The van der Waals surface area contributed by atoms with Gasteiger partial charge >= 0.3 is 6.09 Å². The zero-order chi connectivity index (χ0) is 35.7. The lowest BCUT2D eigenvalue weighted by Gasteiger charge is -2.31. The topological polar surface area (TPSA) is 140 Å². The van der Waals surface area contributed by atoms with Gasteiger partial charge in [-0.2, -0.15) is 10.2 Å². The molecule has 0 bridgehead atoms. The molecule has 3 aromatic heterocycles. The Morgan fingerprint density at radius 3 is 2.58 bits per heavy atom. The first-order chi connectivity index (χ1) is 24.0. The van der Waals surface area contributed by atoms with Crippen molar-refractivity contribution in [2.45, 2.75) is 77.4 Å². The number of rotatable bonds is 15. The molecule has 1 saturated heterocycles. The fourth-order valence-electron chi connectivity index (χ4n) is 6.37. The molecule has 0 unspecified atom stereocenters. The summed E-state index contributed by atoms with van der Waals surface area (Å²) in [7, 11) is 2.11. The second-order valence-corrected chi connectivity index (χ2v) is 14.1. The van der Waals surface area contributed by atoms with Crippen molar-refractivity contribution >= 4 is 29.2 Å². The summed E-state index contributed by atoms with van der Waals surface area (Å²) in [5.74, 6) is 0.636. The molecule has 2 aliphatic rings. The van der Waals surface area contributed by atoms with Crippen LogP contribution in [-0.2, 0) is 14.2 Å². The average molecular weight is 704 g/mol. The van der Waals surface area contributed by atoms with E-state index >= 15 is 0 Å². The van der Waals surface area contributed by atoms with E-state index in [1.54, 1.807) is 10.9 Å². The van der Waals surface area contributed by atoms with E-state index < -0.39 is 29.7 Å². The van der Waals surface area contributed by atoms with Crippen LogP contribution in [0, 0.1) is 5.92 Å². The standard InChI is InChI=1S/C34H51F2N9O5/c1-34(2,3)50-33(47)37-12-5-17-48-18-6-13-42(4)22-24-7-9-25(10-8-24)45-23-27(29(41-45)30(35)36)39-32(46)26-21-38-44-14-11-28(40-31(26)44)43-15-19-49-20-16-43/h11,14,21,23-25,30H,5-10,12-13,15-20,22H2,1-4H3,(H,37,47)(H,39,46). The molecule has 50 heavy (non-hydrogen) atoms. The van der Waals surface area contributed by atoms with Gasteiger partial charge in [-0.15, -0.1) is 0 Å². The lowest BCUT2D eigenvalue weighted by atomic mass is 9.86. The molecule has 1 aliphatic carbocycles. The second kappa shape index (κ2) is 17.4. The van der Waals surface area contributed by atoms with Gasteiger partial charge in [-0.05, 0) is 78.3 Å². The SMILES string of the molecule is CN(CCCOCCCNC(=O)OC(C)(C)C)CC1CCC(n2cc(NC(=O)c3cnn4ccc(N5CCOCC5)nc34)c(C(F)F)n2)CC1. The third-order valence-electron chi connectivity index (χ3n) is 8.87. The highest BCUT2D eigenvalue weighted by Crippen LogP contribution is 2.35. The molecule has 2 amide bonds. The van der Waals surface area contributed by atoms with Crippen molar-refractivity contribution in [1.82, 2.24) is 34.6 Å². The lowest BCUT2D eigenvalue weighted by Crippen LogP contribution is -2.36. The number of aromatic nitrogens is 5. The lowest BCUT2D eigenvalue weighted by molar-refractivity contribution is 0.0518. The average Bonchev–Trinajstić information content (AvgIpc) is 3.70. The van der Waals surface area contributed by atoms with E-state index in [2.05, 4.69) is 42.7 Å². The van der Waals surface area contributed by atoms with Crippen LogP contribution in [0.2, 0.25) is 0 Å². The number of carbonyl (C=O) groups is 2. The highest BCUT2D eigenvalue weighted by Gasteiger charge is 2.28. The molecule has 0 spiro atoms. The predicted octanol–water partition coefficient (Wildman–Crippen LogP) is 4.94. The number of nitrogens with zero attached hydrogens (tertiary/aromatic N) is 7. The Morgan fingerprint density at radius 2 is 1.86 bits per heavy atom. The van der Waals surface area contributed by atoms with Crippen LogP contribution in [0.4, 0.5) is 25.1 Å². The predicted molar refractivity (Wildman–Crippen MR) is 184 cm³/mol. The van der Waals surface area contributed by atoms with Crippen LogP contribution in [0.1, 0.15) is 87.8 Å². The number of anilines is 2. The minimum absolute atomic E-state index is 0.00272. The summed E-state index contributed by atoms with van der Waals surface area (Å²) in [4.78, 5) is 34.1. The van der Waals surface area contributed by atoms with Crippen molar-refractivity contribution in [2.24, 2.45) is 5.92 Å². The summed E-state index contributed by atoms with van der Waals surface area (Å²) in [6.07, 6.45) is 6.58. The van der Waals surface area contributed by atoms with Crippen molar-refractivity contribution in [3.05, 3.63) is 35.9 Å². The number of amides is 2. The number of alkyl halides is 2. The summed E-state index contributed by atoms with van der Waals surface area (Å²) in [5.41, 5.74) is -0.421. The molecule has 0 atom stereocenters. The molecule has 2 fully saturated rings. The highest BCUT2D eigenvalue weighted by atomic mass is 19.3. The van der Waals surface area contributed by atoms with Gasteiger partial charge in [0.15, 0.2) is 11.3 Å². The van der Waals surface area contributed by atoms with E-state index in [1.807, 2.05) is 26.8 Å². The quantitative estimate of drug-likeness (QED) is 0.209. The van der Waals surface area contributed by atoms with Crippen molar-refractivity contribution < 1.29 is 32.6 Å². The number of halogens is 2. The molecule has 16 heteroatoms. The third kappa shape index (κ3) is 10.6. The van der Waals surface area contributed by atoms with Gasteiger partial charge in [0.1, 0.15) is 17.0 Å². The zero-order valence-electron chi connectivity index (χ0n) is 29.6. The largest absolute Gasteiger partial charge is 0.444 e. The summed E-state index contributed by atoms with van der Waals surface area (Å²) < 4.78 is 47.6. The molecule has 5 rings (SSSR count). The molecule has 0 aromatic carbocycles. The molecule has 4 heterocycles. The van der Waals surface area contributed by atoms with Crippen LogP contribution in [-0.4, -0.2) is 113 Å². The van der Waals surface area contributed by atoms with Crippen molar-refractivity contribution in [3.63, 3.8) is 0 Å². The van der Waals surface area contributed by atoms with Gasteiger partial charge in [0.25, 0.3) is 12.3 Å². The van der Waals surface area contributed by atoms with Crippen LogP contribution in [0.25, 0.3) is 5.65 Å². The van der Waals surface area contributed by atoms with E-state index in [9.17, 15) is 18.4 Å². The molecule has 0 radical (unpaired) electrons. The maximum absolute atomic E-state index is 14.1. The van der Waals surface area contributed by atoms with Crippen LogP contribution < -0.4 is 15.5 Å². The number of nitrogens with one attached hydrogen (secondary N) is 2. The first-order valence-electron chi connectivity index (χ1n) is 17.6. The summed E-state index contributed by atoms with van der Waals surface area (Å²) in [6, 6.07) is 1.81. The highest BCUT2D eigenvalue weighted by molar-refractivity contribution is 6.08. The number of hydrogen-bond acceptors (Lipinski definition) is 10. The Labute approximate surface area is 291 Å². The Kier molecular flexibility index (Phi) is 13.0. The summed E-state index contributed by atoms with van der Waals surface area (Å²) >= 11 is 0. The van der Waals surface area contributed by atoms with Crippen LogP contribution in [0.15, 0.2) is 24.7 Å². The molecule has 1 saturated carbocycles. The minimum Gasteiger partial charge on any atom is -0.444 e. The first-order valence-corrected chi connectivity index (χ1v) is 17.6. The van der Waals surface area contributed by atoms with Crippen LogP contribution >= 0.6 is 0 Å². The number of alkyl carbamates (subject to hydrolysis) is 1. The maximum atomic E-state index is 14.1. The summed E-state index contributed by atoms with van der Waals surface area (Å²) in [6.45, 7) is 11.6. The molecule has 3 aromatic rings. The first kappa shape index (κ1) is 37.4. The molecular weight excluding hydrogens is 652 g/mol. The summed E-state index contributed by atoms with van der Waals surface area (Å²) in [5, 5.41) is 13.9. The van der Waals surface area contributed by atoms with E-state index in [0.29, 0.717) is 63.4 Å². The van der Waals surface area contributed by atoms with Crippen LogP contribution in [0.5, 0.6) is 0 Å². The van der Waals surface area contributed by atoms with Gasteiger partial charge in [0.05, 0.1) is 31.1 Å². The number of carbonyl (C=O) groups excluding carboxylic acids is 2. The fourth-order valence-corrected chi connectivity index (χ4v) is 6.37. The van der Waals surface area contributed by atoms with E-state index in [4.69, 9.17) is 14.2 Å². The Hall–Kier alpha value is -3.89. The molecular formula is C34H51F2N9O5. The van der Waals surface area contributed by atoms with E-state index in [-0.39, 0.29) is 17.3 Å². The fraction of sp³-hybridized carbons (Fsp3) is 0.676. The van der Waals surface area contributed by atoms with Gasteiger partial charge in [0.2, 0.25) is 0 Å². The molecule has 1 aliphatic heterocycles. The molecule has 2 N–H and O–H groups in total. The van der Waals surface area contributed by atoms with E-state index in [0.717, 1.165) is 51.6 Å². The van der Waals surface area contributed by atoms with Crippen molar-refractivity contribution in [3.8, 4) is 0 Å². The monoisotopic (exact) mass is 703 g/mol. The van der Waals surface area contributed by atoms with Gasteiger partial charge in [-0.3, -0.25) is 9.48 Å². The molecule has 14 nitrogen and oxygen atoms in total. The molecule has 276 valence electrons. The van der Waals surface area contributed by atoms with Gasteiger partial charge in [-0.25, -0.2) is 23.1 Å². The zero-order valence-corrected chi connectivity index (χ0v) is 29.6. The Balaban J connectivity index is 1.05. The van der Waals surface area contributed by atoms with Gasteiger partial charge in [0, 0.05) is 58.3 Å². The maximum Gasteiger partial charge on any atom is 0.407 e. The second-order valence-electron chi connectivity index (χ2n) is 14.1. The third-order valence-corrected chi connectivity index (χ3v) is 8.87. The normalized spacial score (nSPS) is 18.6. The van der Waals surface area contributed by atoms with Gasteiger partial charge in [-0.1, -0.05) is 0 Å². The number of morpholine rings is 1. The van der Waals surface area contributed by atoms with Crippen molar-refractivity contribution in [1.29, 1.82) is 0 Å². The number of ether oxygens (including phenoxy) is 3. The number of fused-ring (bicyclic) bond motifs is 1. The van der Waals surface area contributed by atoms with Crippen LogP contribution in [0.3, 0.4) is 0 Å². The minimum atomic E-state index is -2.84.